The summed E-state index contributed by atoms with van der Waals surface area (Å²) in [6, 6.07) is 0. The molecule has 0 spiro atoms. The highest BCUT2D eigenvalue weighted by atomic mass is 16.7. The monoisotopic (exact) mass is 364 g/mol. The number of carboxylic acids is 1. The Balaban J connectivity index is 3.98. The van der Waals surface area contributed by atoms with E-state index in [-0.39, 0.29) is 6.42 Å². The van der Waals surface area contributed by atoms with E-state index >= 15 is 0 Å². The van der Waals surface area contributed by atoms with Crippen molar-refractivity contribution in [1.82, 2.24) is 0 Å². The van der Waals surface area contributed by atoms with Gasteiger partial charge in [0.25, 0.3) is 0 Å². The third kappa shape index (κ3) is 18.7. The lowest BCUT2D eigenvalue weighted by molar-refractivity contribution is -0.154. The van der Waals surface area contributed by atoms with Gasteiger partial charge in [-0.3, -0.25) is 4.79 Å². The average molecular weight is 365 g/mol. The summed E-state index contributed by atoms with van der Waals surface area (Å²) in [5.74, 6) is -0.826. The van der Waals surface area contributed by atoms with Crippen molar-refractivity contribution in [2.45, 2.75) is 71.5 Å². The maximum atomic E-state index is 10.8. The first-order valence-electron chi connectivity index (χ1n) is 9.75. The summed E-state index contributed by atoms with van der Waals surface area (Å²) in [6.07, 6.45) is 22.5. The summed E-state index contributed by atoms with van der Waals surface area (Å²) >= 11 is 0. The van der Waals surface area contributed by atoms with E-state index < -0.39 is 12.3 Å². The van der Waals surface area contributed by atoms with Crippen LogP contribution in [0, 0.1) is 0 Å². The van der Waals surface area contributed by atoms with Crippen LogP contribution in [-0.4, -0.2) is 30.6 Å². The van der Waals surface area contributed by atoms with Crippen molar-refractivity contribution in [3.05, 3.63) is 48.6 Å². The van der Waals surface area contributed by atoms with Gasteiger partial charge in [0.2, 0.25) is 0 Å². The molecular weight excluding hydrogens is 328 g/mol. The first-order chi connectivity index (χ1) is 12.7. The molecule has 0 amide bonds. The van der Waals surface area contributed by atoms with Gasteiger partial charge >= 0.3 is 5.97 Å². The molecule has 0 fully saturated rings. The third-order valence-corrected chi connectivity index (χ3v) is 3.45. The molecule has 0 radical (unpaired) electrons. The molecule has 0 bridgehead atoms. The Kier molecular flexibility index (Phi) is 18.4. The minimum absolute atomic E-state index is 0.0555. The Morgan fingerprint density at radius 3 is 1.69 bits per heavy atom. The Morgan fingerprint density at radius 1 is 0.808 bits per heavy atom. The van der Waals surface area contributed by atoms with E-state index in [1.54, 1.807) is 0 Å². The molecule has 0 atom stereocenters. The number of rotatable bonds is 17. The number of aliphatic carboxylic acids is 1. The van der Waals surface area contributed by atoms with Gasteiger partial charge in [0.05, 0.1) is 19.6 Å². The van der Waals surface area contributed by atoms with Crippen LogP contribution in [0.25, 0.3) is 0 Å². The standard InChI is InChI=1S/C22H36O4/c1-3-5-7-9-11-13-15-19-25-22(18-17-21(23)24)26-20-16-14-12-10-8-6-4-2/h5-8,11-14,22H,3-4,9-10,15-20H2,1-2H3,(H,23,24)/b7-5+,8-6+,13-11+,14-12+. The van der Waals surface area contributed by atoms with Gasteiger partial charge in [-0.15, -0.1) is 0 Å². The van der Waals surface area contributed by atoms with Crippen molar-refractivity contribution in [2.75, 3.05) is 13.2 Å². The van der Waals surface area contributed by atoms with Crippen molar-refractivity contribution in [1.29, 1.82) is 0 Å². The van der Waals surface area contributed by atoms with Crippen LogP contribution in [0.3, 0.4) is 0 Å². The molecular formula is C22H36O4. The molecule has 148 valence electrons. The van der Waals surface area contributed by atoms with Gasteiger partial charge in [0.15, 0.2) is 6.29 Å². The number of carboxylic acid groups (broad SMARTS) is 1. The van der Waals surface area contributed by atoms with Crippen molar-refractivity contribution in [3.8, 4) is 0 Å². The average Bonchev–Trinajstić information content (AvgIpc) is 2.63. The highest BCUT2D eigenvalue weighted by Crippen LogP contribution is 2.07. The smallest absolute Gasteiger partial charge is 0.303 e. The van der Waals surface area contributed by atoms with Gasteiger partial charge in [-0.25, -0.2) is 0 Å². The Hall–Kier alpha value is -1.65. The van der Waals surface area contributed by atoms with Crippen molar-refractivity contribution < 1.29 is 19.4 Å². The van der Waals surface area contributed by atoms with E-state index in [1.807, 2.05) is 0 Å². The summed E-state index contributed by atoms with van der Waals surface area (Å²) in [5, 5.41) is 8.84. The summed E-state index contributed by atoms with van der Waals surface area (Å²) in [4.78, 5) is 10.8. The minimum atomic E-state index is -0.826. The second kappa shape index (κ2) is 19.7. The molecule has 4 heteroatoms. The lowest BCUT2D eigenvalue weighted by Gasteiger charge is -2.17. The maximum Gasteiger partial charge on any atom is 0.303 e. The second-order valence-corrected chi connectivity index (χ2v) is 5.85. The van der Waals surface area contributed by atoms with Gasteiger partial charge in [-0.2, -0.15) is 0 Å². The second-order valence-electron chi connectivity index (χ2n) is 5.85. The van der Waals surface area contributed by atoms with E-state index in [4.69, 9.17) is 14.6 Å². The van der Waals surface area contributed by atoms with E-state index in [0.717, 1.165) is 38.5 Å². The van der Waals surface area contributed by atoms with Crippen LogP contribution in [0.1, 0.15) is 65.2 Å². The van der Waals surface area contributed by atoms with Crippen molar-refractivity contribution in [2.24, 2.45) is 0 Å². The molecule has 0 saturated carbocycles. The first-order valence-corrected chi connectivity index (χ1v) is 9.75. The molecule has 0 aliphatic carbocycles. The zero-order chi connectivity index (χ0) is 19.3. The molecule has 26 heavy (non-hydrogen) atoms. The van der Waals surface area contributed by atoms with Crippen LogP contribution >= 0.6 is 0 Å². The highest BCUT2D eigenvalue weighted by molar-refractivity contribution is 5.66. The summed E-state index contributed by atoms with van der Waals surface area (Å²) in [6.45, 7) is 5.31. The van der Waals surface area contributed by atoms with Crippen molar-refractivity contribution >= 4 is 5.97 Å². The highest BCUT2D eigenvalue weighted by Gasteiger charge is 2.11. The number of carbonyl (C=O) groups is 1. The Labute approximate surface area is 159 Å². The van der Waals surface area contributed by atoms with Crippen LogP contribution < -0.4 is 0 Å². The summed E-state index contributed by atoms with van der Waals surface area (Å²) in [7, 11) is 0. The predicted octanol–water partition coefficient (Wildman–Crippen LogP) is 5.82. The molecule has 0 aromatic carbocycles. The van der Waals surface area contributed by atoms with Crippen LogP contribution in [0.4, 0.5) is 0 Å². The molecule has 0 rings (SSSR count). The van der Waals surface area contributed by atoms with Gasteiger partial charge in [0.1, 0.15) is 0 Å². The Bertz CT molecular complexity index is 403. The van der Waals surface area contributed by atoms with E-state index in [0.29, 0.717) is 19.6 Å². The predicted molar refractivity (Wildman–Crippen MR) is 108 cm³/mol. The molecule has 0 heterocycles. The number of ether oxygens (including phenoxy) is 2. The fraction of sp³-hybridized carbons (Fsp3) is 0.591. The minimum Gasteiger partial charge on any atom is -0.481 e. The van der Waals surface area contributed by atoms with E-state index in [9.17, 15) is 4.79 Å². The summed E-state index contributed by atoms with van der Waals surface area (Å²) < 4.78 is 11.4. The van der Waals surface area contributed by atoms with Gasteiger partial charge < -0.3 is 14.6 Å². The summed E-state index contributed by atoms with van der Waals surface area (Å²) in [5.41, 5.74) is 0. The zero-order valence-corrected chi connectivity index (χ0v) is 16.4. The molecule has 0 aromatic heterocycles. The van der Waals surface area contributed by atoms with Crippen LogP contribution in [0.2, 0.25) is 0 Å². The lowest BCUT2D eigenvalue weighted by atomic mass is 10.3. The number of allylic oxidation sites excluding steroid dienone is 6. The van der Waals surface area contributed by atoms with Gasteiger partial charge in [-0.05, 0) is 38.5 Å². The first kappa shape index (κ1) is 24.4. The normalized spacial score (nSPS) is 12.6. The lowest BCUT2D eigenvalue weighted by Crippen LogP contribution is -2.20. The Morgan fingerprint density at radius 2 is 1.27 bits per heavy atom. The fourth-order valence-corrected chi connectivity index (χ4v) is 2.10. The fourth-order valence-electron chi connectivity index (χ4n) is 2.10. The molecule has 0 unspecified atom stereocenters. The third-order valence-electron chi connectivity index (χ3n) is 3.45. The van der Waals surface area contributed by atoms with Crippen LogP contribution in [0.5, 0.6) is 0 Å². The number of hydrogen-bond acceptors (Lipinski definition) is 3. The molecule has 0 aliphatic heterocycles. The zero-order valence-electron chi connectivity index (χ0n) is 16.4. The van der Waals surface area contributed by atoms with Crippen LogP contribution in [-0.2, 0) is 14.3 Å². The van der Waals surface area contributed by atoms with Gasteiger partial charge in [0, 0.05) is 6.42 Å². The number of hydrogen-bond donors (Lipinski definition) is 1. The maximum absolute atomic E-state index is 10.8. The topological polar surface area (TPSA) is 55.8 Å². The largest absolute Gasteiger partial charge is 0.481 e. The van der Waals surface area contributed by atoms with E-state index in [2.05, 4.69) is 62.5 Å². The van der Waals surface area contributed by atoms with Crippen LogP contribution in [0.15, 0.2) is 48.6 Å². The van der Waals surface area contributed by atoms with E-state index in [1.165, 1.54) is 0 Å². The van der Waals surface area contributed by atoms with Gasteiger partial charge in [-0.1, -0.05) is 62.5 Å². The molecule has 0 aromatic rings. The molecule has 1 N–H and O–H groups in total. The molecule has 0 aliphatic rings. The quantitative estimate of drug-likeness (QED) is 0.201. The molecule has 4 nitrogen and oxygen atoms in total. The molecule has 0 saturated heterocycles. The SMILES string of the molecule is CC/C=C/C/C=C/CCOC(CCC(=O)O)OCC/C=C/C/C=C/CC. The van der Waals surface area contributed by atoms with Crippen molar-refractivity contribution in [3.63, 3.8) is 0 Å².